The Kier molecular flexibility index (Phi) is 29.6. The summed E-state index contributed by atoms with van der Waals surface area (Å²) in [6.45, 7) is 17.6. The zero-order valence-electron chi connectivity index (χ0n) is 37.7. The van der Waals surface area contributed by atoms with Crippen LogP contribution in [-0.2, 0) is 71.3 Å². The summed E-state index contributed by atoms with van der Waals surface area (Å²) >= 11 is 1.39. The van der Waals surface area contributed by atoms with Crippen LogP contribution in [0.15, 0.2) is 90.6 Å². The molecule has 0 aliphatic rings. The van der Waals surface area contributed by atoms with Crippen molar-refractivity contribution >= 4 is 45.2 Å². The smallest absolute Gasteiger partial charge is 0.330 e. The van der Waals surface area contributed by atoms with Crippen molar-refractivity contribution < 1.29 is 76.0 Å². The third kappa shape index (κ3) is 24.7. The summed E-state index contributed by atoms with van der Waals surface area (Å²) in [5.41, 5.74) is 0.347. The molecule has 1 aromatic heterocycles. The topological polar surface area (TPSA) is 199 Å². The first-order valence-corrected chi connectivity index (χ1v) is 21.8. The van der Waals surface area contributed by atoms with Crippen molar-refractivity contribution in [2.45, 2.75) is 52.5 Å². The van der Waals surface area contributed by atoms with E-state index in [4.69, 9.17) is 56.8 Å². The highest BCUT2D eigenvalue weighted by molar-refractivity contribution is 7.16. The Balaban J connectivity index is 2.27. The van der Waals surface area contributed by atoms with Gasteiger partial charge in [0.05, 0.1) is 78.7 Å². The molecule has 0 fully saturated rings. The molecule has 0 bridgehead atoms. The molecule has 65 heavy (non-hydrogen) atoms. The van der Waals surface area contributed by atoms with Gasteiger partial charge in [0.1, 0.15) is 31.8 Å². The van der Waals surface area contributed by atoms with Crippen molar-refractivity contribution in [3.8, 4) is 5.75 Å². The van der Waals surface area contributed by atoms with Crippen LogP contribution in [0.5, 0.6) is 5.75 Å². The highest BCUT2D eigenvalue weighted by Crippen LogP contribution is 2.21. The normalized spacial score (nSPS) is 12.7. The maximum absolute atomic E-state index is 14.3. The van der Waals surface area contributed by atoms with Gasteiger partial charge in [-0.25, -0.2) is 14.4 Å². The van der Waals surface area contributed by atoms with E-state index in [1.807, 2.05) is 17.5 Å². The highest BCUT2D eigenvalue weighted by Gasteiger charge is 2.31. The molecule has 0 radical (unpaired) electrons. The van der Waals surface area contributed by atoms with Crippen LogP contribution in [0.4, 0.5) is 0 Å². The lowest BCUT2D eigenvalue weighted by molar-refractivity contribution is -0.192. The number of hydrogen-bond acceptors (Lipinski definition) is 18. The summed E-state index contributed by atoms with van der Waals surface area (Å²) in [5, 5.41) is 2.29. The van der Waals surface area contributed by atoms with Gasteiger partial charge in [0.15, 0.2) is 24.6 Å². The van der Waals surface area contributed by atoms with E-state index < -0.39 is 55.3 Å². The van der Waals surface area contributed by atoms with Crippen LogP contribution in [0.1, 0.15) is 26.3 Å². The van der Waals surface area contributed by atoms with Crippen molar-refractivity contribution in [2.24, 2.45) is 0 Å². The Morgan fingerprint density at radius 1 is 0.631 bits per heavy atom. The van der Waals surface area contributed by atoms with Crippen LogP contribution in [-0.4, -0.2) is 153 Å². The van der Waals surface area contributed by atoms with Crippen LogP contribution in [0.2, 0.25) is 0 Å². The first kappa shape index (κ1) is 56.0. The number of carbonyl (C=O) groups is 4. The third-order valence-corrected chi connectivity index (χ3v) is 9.44. The van der Waals surface area contributed by atoms with Crippen molar-refractivity contribution in [3.63, 3.8) is 0 Å². The summed E-state index contributed by atoms with van der Waals surface area (Å²) in [5.74, 6) is -1.88. The second-order valence-corrected chi connectivity index (χ2v) is 14.3. The van der Waals surface area contributed by atoms with Gasteiger partial charge in [0.2, 0.25) is 0 Å². The number of ether oxygens (including phenoxy) is 12. The SMILES string of the molecule is C=CC(=O)OCCOCCOC(C)OCC(COC(C)OCCOCCOC(=O)C=C)N(C(=O)COc1ccc2scccccc(C)c(=O)c2c1)C(C)OCCOCCOC(=O)C=C. The van der Waals surface area contributed by atoms with Crippen LogP contribution >= 0.6 is 11.3 Å². The van der Waals surface area contributed by atoms with Crippen molar-refractivity contribution in [3.05, 3.63) is 102 Å². The van der Waals surface area contributed by atoms with E-state index in [1.54, 1.807) is 58.0 Å². The molecule has 18 nitrogen and oxygen atoms in total. The number of carbonyl (C=O) groups excluding carboxylic acids is 4. The van der Waals surface area contributed by atoms with Gasteiger partial charge in [-0.3, -0.25) is 9.59 Å². The molecule has 2 aromatic rings. The standard InChI is InChI=1S/C46H63NO17S/c1-8-43(49)59-26-20-53-17-23-56-35(5)47(42(48)33-64-39-15-16-41-40(30-39)46(52)34(4)14-12-11-13-29-65-41)38(31-62-36(6)57-24-18-54-21-27-60-44(50)9-2)32-63-37(7)58-25-19-55-22-28-61-45(51)10-3/h8-16,29-30,35-38H,1-3,17-28,31-33H2,4-7H3. The van der Waals surface area contributed by atoms with E-state index in [9.17, 15) is 24.0 Å². The van der Waals surface area contributed by atoms with E-state index in [0.29, 0.717) is 16.7 Å². The van der Waals surface area contributed by atoms with Gasteiger partial charge in [-0.05, 0) is 56.8 Å². The molecule has 19 heteroatoms. The number of amides is 1. The Hall–Kier alpha value is -5.09. The number of benzene rings is 1. The summed E-state index contributed by atoms with van der Waals surface area (Å²) in [6.07, 6.45) is 0.763. The zero-order valence-corrected chi connectivity index (χ0v) is 38.5. The predicted molar refractivity (Wildman–Crippen MR) is 241 cm³/mol. The van der Waals surface area contributed by atoms with Crippen molar-refractivity contribution in [2.75, 3.05) is 99.1 Å². The van der Waals surface area contributed by atoms with Gasteiger partial charge in [0.25, 0.3) is 5.91 Å². The molecule has 0 spiro atoms. The van der Waals surface area contributed by atoms with Crippen molar-refractivity contribution in [1.82, 2.24) is 4.90 Å². The molecule has 1 heterocycles. The molecule has 360 valence electrons. The molecule has 0 N–H and O–H groups in total. The second-order valence-electron chi connectivity index (χ2n) is 13.4. The summed E-state index contributed by atoms with van der Waals surface area (Å²) in [4.78, 5) is 63.0. The van der Waals surface area contributed by atoms with Gasteiger partial charge in [0, 0.05) is 28.3 Å². The Morgan fingerprint density at radius 3 is 1.63 bits per heavy atom. The zero-order chi connectivity index (χ0) is 47.7. The molecule has 0 saturated carbocycles. The summed E-state index contributed by atoms with van der Waals surface area (Å²) < 4.78 is 67.7. The number of esters is 3. The number of nitrogens with zero attached hydrogens (tertiary/aromatic N) is 1. The lowest BCUT2D eigenvalue weighted by Crippen LogP contribution is -2.53. The molecular formula is C46H63NO17S. The van der Waals surface area contributed by atoms with E-state index in [2.05, 4.69) is 19.7 Å². The minimum Gasteiger partial charge on any atom is -0.484 e. The Bertz CT molecular complexity index is 1850. The number of hydrogen-bond donors (Lipinski definition) is 0. The van der Waals surface area contributed by atoms with Gasteiger partial charge in [-0.15, -0.1) is 11.3 Å². The van der Waals surface area contributed by atoms with E-state index in [0.717, 1.165) is 22.9 Å². The average Bonchev–Trinajstić information content (AvgIpc) is 3.30. The molecule has 0 saturated heterocycles. The van der Waals surface area contributed by atoms with E-state index >= 15 is 0 Å². The van der Waals surface area contributed by atoms with Gasteiger partial charge in [-0.2, -0.15) is 0 Å². The third-order valence-electron chi connectivity index (χ3n) is 8.54. The predicted octanol–water partition coefficient (Wildman–Crippen LogP) is 4.63. The Morgan fingerprint density at radius 2 is 1.12 bits per heavy atom. The van der Waals surface area contributed by atoms with Gasteiger partial charge >= 0.3 is 17.9 Å². The maximum Gasteiger partial charge on any atom is 0.330 e. The Labute approximate surface area is 384 Å². The van der Waals surface area contributed by atoms with Crippen LogP contribution < -0.4 is 10.2 Å². The maximum atomic E-state index is 14.3. The molecule has 3 atom stereocenters. The monoisotopic (exact) mass is 933 g/mol. The largest absolute Gasteiger partial charge is 0.484 e. The summed E-state index contributed by atoms with van der Waals surface area (Å²) in [6, 6.07) is 11.5. The molecule has 0 aliphatic carbocycles. The average molecular weight is 934 g/mol. The lowest BCUT2D eigenvalue weighted by Gasteiger charge is -2.37. The highest BCUT2D eigenvalue weighted by atomic mass is 32.1. The first-order chi connectivity index (χ1) is 31.4. The molecule has 1 amide bonds. The molecule has 3 unspecified atom stereocenters. The van der Waals surface area contributed by atoms with Crippen LogP contribution in [0.3, 0.4) is 0 Å². The van der Waals surface area contributed by atoms with Crippen LogP contribution in [0.25, 0.3) is 10.1 Å². The molecule has 2 rings (SSSR count). The fourth-order valence-electron chi connectivity index (χ4n) is 5.30. The van der Waals surface area contributed by atoms with Crippen molar-refractivity contribution in [1.29, 1.82) is 0 Å². The molecule has 0 aliphatic heterocycles. The second kappa shape index (κ2) is 34.3. The number of rotatable bonds is 35. The number of aryl methyl sites for hydroxylation is 1. The first-order valence-electron chi connectivity index (χ1n) is 20.9. The van der Waals surface area contributed by atoms with E-state index in [-0.39, 0.29) is 97.9 Å². The fourth-order valence-corrected chi connectivity index (χ4v) is 6.04. The molecular weight excluding hydrogens is 871 g/mol. The quantitative estimate of drug-likeness (QED) is 0.0304. The van der Waals surface area contributed by atoms with Crippen LogP contribution in [0, 0.1) is 6.92 Å². The minimum absolute atomic E-state index is 0.0186. The fraction of sp³-hybridized carbons (Fsp3) is 0.500. The molecule has 1 aromatic carbocycles. The van der Waals surface area contributed by atoms with Gasteiger partial charge < -0.3 is 61.7 Å². The minimum atomic E-state index is -0.890. The number of fused-ring (bicyclic) bond motifs is 1. The summed E-state index contributed by atoms with van der Waals surface area (Å²) in [7, 11) is 0. The lowest BCUT2D eigenvalue weighted by atomic mass is 10.2. The van der Waals surface area contributed by atoms with Gasteiger partial charge in [-0.1, -0.05) is 44.0 Å². The van der Waals surface area contributed by atoms with E-state index in [1.165, 1.54) is 16.2 Å².